The van der Waals surface area contributed by atoms with Crippen LogP contribution >= 0.6 is 34.7 Å². The summed E-state index contributed by atoms with van der Waals surface area (Å²) in [5, 5.41) is 14.7. The first-order chi connectivity index (χ1) is 16.9. The fourth-order valence-electron chi connectivity index (χ4n) is 3.06. The molecule has 12 heteroatoms. The van der Waals surface area contributed by atoms with Gasteiger partial charge < -0.3 is 10.1 Å². The van der Waals surface area contributed by atoms with Gasteiger partial charge in [0.1, 0.15) is 5.75 Å². The van der Waals surface area contributed by atoms with Gasteiger partial charge in [-0.2, -0.15) is 8.78 Å². The molecule has 0 aliphatic carbocycles. The minimum absolute atomic E-state index is 0.0474. The van der Waals surface area contributed by atoms with Gasteiger partial charge in [-0.1, -0.05) is 41.6 Å². The molecule has 7 nitrogen and oxygen atoms in total. The van der Waals surface area contributed by atoms with Gasteiger partial charge in [0, 0.05) is 28.1 Å². The van der Waals surface area contributed by atoms with Crippen molar-refractivity contribution in [1.82, 2.24) is 19.7 Å². The quantitative estimate of drug-likeness (QED) is 0.192. The molecule has 0 aliphatic heterocycles. The van der Waals surface area contributed by atoms with Crippen LogP contribution in [-0.4, -0.2) is 38.0 Å². The number of alkyl halides is 2. The molecule has 1 amide bonds. The molecule has 0 radical (unpaired) electrons. The Labute approximate surface area is 212 Å². The highest BCUT2D eigenvalue weighted by atomic mass is 35.5. The second-order valence-electron chi connectivity index (χ2n) is 6.99. The predicted molar refractivity (Wildman–Crippen MR) is 134 cm³/mol. The number of thioether (sulfide) groups is 1. The summed E-state index contributed by atoms with van der Waals surface area (Å²) in [7, 11) is 0. The van der Waals surface area contributed by atoms with Crippen LogP contribution in [0, 0.1) is 0 Å². The summed E-state index contributed by atoms with van der Waals surface area (Å²) < 4.78 is 30.9. The third-order valence-corrected chi connectivity index (χ3v) is 6.57. The topological polar surface area (TPSA) is 81.9 Å². The molecule has 0 unspecified atom stereocenters. The third kappa shape index (κ3) is 6.44. The van der Waals surface area contributed by atoms with E-state index in [4.69, 9.17) is 11.6 Å². The van der Waals surface area contributed by atoms with Gasteiger partial charge in [-0.3, -0.25) is 9.36 Å². The van der Waals surface area contributed by atoms with E-state index in [1.54, 1.807) is 34.9 Å². The number of carbonyl (C=O) groups excluding carboxylic acids is 1. The maximum atomic E-state index is 12.5. The number of hydrogen-bond acceptors (Lipinski definition) is 7. The number of halogens is 3. The molecule has 35 heavy (non-hydrogen) atoms. The Morgan fingerprint density at radius 3 is 2.57 bits per heavy atom. The fraction of sp³-hybridized carbons (Fsp3) is 0.130. The molecule has 0 aliphatic rings. The lowest BCUT2D eigenvalue weighted by molar-refractivity contribution is -0.113. The van der Waals surface area contributed by atoms with Gasteiger partial charge in [-0.15, -0.1) is 28.1 Å². The molecule has 1 N–H and O–H groups in total. The van der Waals surface area contributed by atoms with Crippen molar-refractivity contribution in [1.29, 1.82) is 0 Å². The van der Waals surface area contributed by atoms with Crippen LogP contribution in [0.25, 0.3) is 22.6 Å². The van der Waals surface area contributed by atoms with Crippen molar-refractivity contribution in [3.63, 3.8) is 0 Å². The maximum absolute atomic E-state index is 12.5. The molecule has 0 atom stereocenters. The number of hydrogen-bond donors (Lipinski definition) is 1. The van der Waals surface area contributed by atoms with Crippen LogP contribution in [0.1, 0.15) is 0 Å². The Morgan fingerprint density at radius 2 is 1.89 bits per heavy atom. The van der Waals surface area contributed by atoms with Gasteiger partial charge in [-0.05, 0) is 36.4 Å². The molecule has 180 valence electrons. The molecule has 2 aromatic heterocycles. The SMILES string of the molecule is C=CCn1c(SCC(=O)Nc2nc(-c3ccc(Cl)cc3)cs2)nnc1-c1ccc(OC(F)F)cc1. The van der Waals surface area contributed by atoms with Crippen LogP contribution in [0.2, 0.25) is 5.02 Å². The minimum Gasteiger partial charge on any atom is -0.435 e. The monoisotopic (exact) mass is 533 g/mol. The molecule has 2 heterocycles. The van der Waals surface area contributed by atoms with Gasteiger partial charge in [0.15, 0.2) is 16.1 Å². The zero-order valence-corrected chi connectivity index (χ0v) is 20.4. The molecule has 0 bridgehead atoms. The van der Waals surface area contributed by atoms with E-state index in [2.05, 4.69) is 31.8 Å². The van der Waals surface area contributed by atoms with E-state index in [9.17, 15) is 13.6 Å². The fourth-order valence-corrected chi connectivity index (χ4v) is 4.67. The van der Waals surface area contributed by atoms with Crippen molar-refractivity contribution in [2.45, 2.75) is 18.3 Å². The first kappa shape index (κ1) is 24.8. The van der Waals surface area contributed by atoms with Crippen molar-refractivity contribution in [3.05, 3.63) is 71.6 Å². The van der Waals surface area contributed by atoms with Crippen LogP contribution in [-0.2, 0) is 11.3 Å². The normalized spacial score (nSPS) is 11.0. The number of ether oxygens (including phenoxy) is 1. The van der Waals surface area contributed by atoms with E-state index in [1.807, 2.05) is 17.5 Å². The standard InChI is InChI=1S/C23H18ClF2N5O2S2/c1-2-11-31-20(15-5-9-17(10-6-15)33-21(25)26)29-30-23(31)35-13-19(32)28-22-27-18(12-34-22)14-3-7-16(24)8-4-14/h2-10,12,21H,1,11,13H2,(H,27,28,32). The Kier molecular flexibility index (Phi) is 8.11. The highest BCUT2D eigenvalue weighted by molar-refractivity contribution is 7.99. The van der Waals surface area contributed by atoms with Crippen LogP contribution in [0.15, 0.2) is 71.7 Å². The van der Waals surface area contributed by atoms with Gasteiger partial charge in [-0.25, -0.2) is 4.98 Å². The molecule has 2 aromatic carbocycles. The number of anilines is 1. The van der Waals surface area contributed by atoms with Gasteiger partial charge in [0.2, 0.25) is 5.91 Å². The lowest BCUT2D eigenvalue weighted by atomic mass is 10.2. The van der Waals surface area contributed by atoms with Crippen molar-refractivity contribution >= 4 is 45.7 Å². The average molecular weight is 534 g/mol. The van der Waals surface area contributed by atoms with Crippen molar-refractivity contribution in [2.75, 3.05) is 11.1 Å². The Bertz CT molecular complexity index is 1310. The Morgan fingerprint density at radius 1 is 1.17 bits per heavy atom. The largest absolute Gasteiger partial charge is 0.435 e. The second-order valence-corrected chi connectivity index (χ2v) is 9.23. The first-order valence-corrected chi connectivity index (χ1v) is 12.4. The van der Waals surface area contributed by atoms with Crippen LogP contribution in [0.4, 0.5) is 13.9 Å². The van der Waals surface area contributed by atoms with Crippen molar-refractivity contribution < 1.29 is 18.3 Å². The van der Waals surface area contributed by atoms with Crippen LogP contribution in [0.5, 0.6) is 5.75 Å². The second kappa shape index (κ2) is 11.4. The molecule has 0 spiro atoms. The smallest absolute Gasteiger partial charge is 0.387 e. The average Bonchev–Trinajstić information content (AvgIpc) is 3.46. The zero-order chi connectivity index (χ0) is 24.8. The summed E-state index contributed by atoms with van der Waals surface area (Å²) in [6, 6.07) is 13.4. The van der Waals surface area contributed by atoms with Gasteiger partial charge in [0.05, 0.1) is 11.4 Å². The number of aromatic nitrogens is 4. The van der Waals surface area contributed by atoms with E-state index in [0.29, 0.717) is 33.2 Å². The number of amides is 1. The number of nitrogens with zero attached hydrogens (tertiary/aromatic N) is 4. The summed E-state index contributed by atoms with van der Waals surface area (Å²) in [6.07, 6.45) is 1.68. The summed E-state index contributed by atoms with van der Waals surface area (Å²) >= 11 is 8.47. The minimum atomic E-state index is -2.90. The van der Waals surface area contributed by atoms with Crippen LogP contribution in [0.3, 0.4) is 0 Å². The van der Waals surface area contributed by atoms with E-state index in [1.165, 1.54) is 35.2 Å². The Balaban J connectivity index is 1.40. The van der Waals surface area contributed by atoms with E-state index >= 15 is 0 Å². The number of carbonyl (C=O) groups is 1. The summed E-state index contributed by atoms with van der Waals surface area (Å²) in [5.74, 6) is 0.414. The Hall–Kier alpha value is -3.28. The maximum Gasteiger partial charge on any atom is 0.387 e. The van der Waals surface area contributed by atoms with Crippen molar-refractivity contribution in [3.8, 4) is 28.4 Å². The number of allylic oxidation sites excluding steroid dienone is 1. The molecular formula is C23H18ClF2N5O2S2. The highest BCUT2D eigenvalue weighted by Gasteiger charge is 2.16. The van der Waals surface area contributed by atoms with Gasteiger partial charge >= 0.3 is 6.61 Å². The number of thiazole rings is 1. The van der Waals surface area contributed by atoms with E-state index in [-0.39, 0.29) is 17.4 Å². The lowest BCUT2D eigenvalue weighted by Gasteiger charge is -2.09. The first-order valence-electron chi connectivity index (χ1n) is 10.2. The molecule has 0 saturated carbocycles. The van der Waals surface area contributed by atoms with Crippen LogP contribution < -0.4 is 10.1 Å². The number of nitrogens with one attached hydrogen (secondary N) is 1. The number of benzene rings is 2. The summed E-state index contributed by atoms with van der Waals surface area (Å²) in [4.78, 5) is 17.0. The predicted octanol–water partition coefficient (Wildman–Crippen LogP) is 6.24. The van der Waals surface area contributed by atoms with E-state index < -0.39 is 6.61 Å². The molecular weight excluding hydrogens is 516 g/mol. The molecule has 4 aromatic rings. The van der Waals surface area contributed by atoms with E-state index in [0.717, 1.165) is 11.3 Å². The summed E-state index contributed by atoms with van der Waals surface area (Å²) in [5.41, 5.74) is 2.31. The van der Waals surface area contributed by atoms with Crippen molar-refractivity contribution in [2.24, 2.45) is 0 Å². The molecule has 4 rings (SSSR count). The lowest BCUT2D eigenvalue weighted by Crippen LogP contribution is -2.14. The zero-order valence-electron chi connectivity index (χ0n) is 18.0. The molecule has 0 fully saturated rings. The van der Waals surface area contributed by atoms with Gasteiger partial charge in [0.25, 0.3) is 0 Å². The highest BCUT2D eigenvalue weighted by Crippen LogP contribution is 2.28. The summed E-state index contributed by atoms with van der Waals surface area (Å²) in [6.45, 7) is 1.26. The third-order valence-electron chi connectivity index (χ3n) is 4.59. The molecule has 0 saturated heterocycles. The number of rotatable bonds is 10.